The molecular weight excluding hydrogens is 176 g/mol. The van der Waals surface area contributed by atoms with E-state index >= 15 is 0 Å². The van der Waals surface area contributed by atoms with E-state index in [1.165, 1.54) is 13.8 Å². The lowest BCUT2D eigenvalue weighted by atomic mass is 9.75. The van der Waals surface area contributed by atoms with Gasteiger partial charge in [-0.05, 0) is 20.8 Å². The van der Waals surface area contributed by atoms with E-state index in [0.717, 1.165) is 0 Å². The maximum atomic E-state index is 11.4. The second kappa shape index (κ2) is 5.25. The zero-order chi connectivity index (χ0) is 11.2. The van der Waals surface area contributed by atoms with Crippen molar-refractivity contribution in [3.63, 3.8) is 0 Å². The number of ketones is 2. The number of terminal acetylenes is 1. The molecule has 0 aromatic heterocycles. The fraction of sp³-hybridized carbons (Fsp3) is 0.500. The Kier molecular flexibility index (Phi) is 4.67. The van der Waals surface area contributed by atoms with Crippen LogP contribution in [0.15, 0.2) is 0 Å². The van der Waals surface area contributed by atoms with Gasteiger partial charge in [0, 0.05) is 12.8 Å². The third-order valence-electron chi connectivity index (χ3n) is 2.32. The van der Waals surface area contributed by atoms with Crippen LogP contribution in [0.5, 0.6) is 0 Å². The van der Waals surface area contributed by atoms with E-state index in [9.17, 15) is 9.59 Å². The SMILES string of the molecule is C#CCC(CC#CC)(C(C)=O)C(C)=O. The molecule has 0 saturated heterocycles. The molecule has 0 amide bonds. The molecule has 0 rings (SSSR count). The van der Waals surface area contributed by atoms with Crippen LogP contribution in [0.25, 0.3) is 0 Å². The number of hydrogen-bond donors (Lipinski definition) is 0. The Labute approximate surface area is 85.1 Å². The summed E-state index contributed by atoms with van der Waals surface area (Å²) in [6, 6.07) is 0. The summed E-state index contributed by atoms with van der Waals surface area (Å²) in [4.78, 5) is 22.8. The first-order valence-electron chi connectivity index (χ1n) is 4.36. The molecule has 0 saturated carbocycles. The zero-order valence-corrected chi connectivity index (χ0v) is 8.81. The topological polar surface area (TPSA) is 34.1 Å². The smallest absolute Gasteiger partial charge is 0.145 e. The molecule has 0 atom stereocenters. The van der Waals surface area contributed by atoms with Gasteiger partial charge in [-0.1, -0.05) is 0 Å². The summed E-state index contributed by atoms with van der Waals surface area (Å²) in [6.45, 7) is 4.44. The standard InChI is InChI=1S/C12H14O2/c1-5-7-9-12(8-6-2,10(3)13)11(4)14/h2H,8-9H2,1,3-4H3. The molecule has 0 aromatic carbocycles. The molecule has 0 aliphatic heterocycles. The largest absolute Gasteiger partial charge is 0.299 e. The molecule has 14 heavy (non-hydrogen) atoms. The van der Waals surface area contributed by atoms with Gasteiger partial charge < -0.3 is 0 Å². The highest BCUT2D eigenvalue weighted by atomic mass is 16.2. The lowest BCUT2D eigenvalue weighted by Gasteiger charge is -2.23. The summed E-state index contributed by atoms with van der Waals surface area (Å²) in [5, 5.41) is 0. The van der Waals surface area contributed by atoms with Crippen molar-refractivity contribution in [1.29, 1.82) is 0 Å². The Morgan fingerprint density at radius 2 is 1.71 bits per heavy atom. The first-order valence-corrected chi connectivity index (χ1v) is 4.36. The van der Waals surface area contributed by atoms with Gasteiger partial charge in [0.25, 0.3) is 0 Å². The number of carbonyl (C=O) groups excluding carboxylic acids is 2. The molecule has 0 heterocycles. The van der Waals surface area contributed by atoms with Crippen LogP contribution in [-0.4, -0.2) is 11.6 Å². The highest BCUT2D eigenvalue weighted by Gasteiger charge is 2.38. The van der Waals surface area contributed by atoms with Gasteiger partial charge in [0.05, 0.1) is 0 Å². The third kappa shape index (κ3) is 2.47. The summed E-state index contributed by atoms with van der Waals surface area (Å²) < 4.78 is 0. The van der Waals surface area contributed by atoms with E-state index < -0.39 is 5.41 Å². The number of rotatable bonds is 4. The summed E-state index contributed by atoms with van der Waals surface area (Å²) in [7, 11) is 0. The van der Waals surface area contributed by atoms with Gasteiger partial charge >= 0.3 is 0 Å². The first-order chi connectivity index (χ1) is 6.51. The molecule has 0 fully saturated rings. The predicted molar refractivity (Wildman–Crippen MR) is 55.3 cm³/mol. The van der Waals surface area contributed by atoms with Crippen LogP contribution in [0.1, 0.15) is 33.6 Å². The van der Waals surface area contributed by atoms with Gasteiger partial charge in [-0.2, -0.15) is 0 Å². The minimum absolute atomic E-state index is 0.131. The molecule has 0 aliphatic carbocycles. The van der Waals surface area contributed by atoms with E-state index in [-0.39, 0.29) is 24.4 Å². The molecular formula is C12H14O2. The summed E-state index contributed by atoms with van der Waals surface area (Å²) in [6.07, 6.45) is 5.51. The van der Waals surface area contributed by atoms with E-state index in [1.807, 2.05) is 0 Å². The molecule has 2 nitrogen and oxygen atoms in total. The third-order valence-corrected chi connectivity index (χ3v) is 2.32. The Morgan fingerprint density at radius 1 is 1.21 bits per heavy atom. The molecule has 0 bridgehead atoms. The van der Waals surface area contributed by atoms with Gasteiger partial charge in [0.15, 0.2) is 0 Å². The zero-order valence-electron chi connectivity index (χ0n) is 8.81. The maximum Gasteiger partial charge on any atom is 0.145 e. The highest BCUT2D eigenvalue weighted by molar-refractivity contribution is 6.05. The Morgan fingerprint density at radius 3 is 2.00 bits per heavy atom. The van der Waals surface area contributed by atoms with Crippen molar-refractivity contribution in [3.05, 3.63) is 0 Å². The Hall–Kier alpha value is -1.54. The average molecular weight is 190 g/mol. The molecule has 0 spiro atoms. The van der Waals surface area contributed by atoms with Crippen LogP contribution < -0.4 is 0 Å². The Balaban J connectivity index is 5.13. The van der Waals surface area contributed by atoms with Gasteiger partial charge in [-0.15, -0.1) is 24.2 Å². The normalized spacial score (nSPS) is 9.57. The van der Waals surface area contributed by atoms with Gasteiger partial charge in [-0.25, -0.2) is 0 Å². The van der Waals surface area contributed by atoms with Crippen LogP contribution in [0, 0.1) is 29.6 Å². The van der Waals surface area contributed by atoms with Crippen LogP contribution in [-0.2, 0) is 9.59 Å². The summed E-state index contributed by atoms with van der Waals surface area (Å²) >= 11 is 0. The van der Waals surface area contributed by atoms with Crippen molar-refractivity contribution in [2.45, 2.75) is 33.6 Å². The second-order valence-electron chi connectivity index (χ2n) is 3.18. The molecule has 0 unspecified atom stereocenters. The van der Waals surface area contributed by atoms with Crippen molar-refractivity contribution in [2.75, 3.05) is 0 Å². The molecule has 74 valence electrons. The molecule has 0 radical (unpaired) electrons. The monoisotopic (exact) mass is 190 g/mol. The van der Waals surface area contributed by atoms with Crippen molar-refractivity contribution in [2.24, 2.45) is 5.41 Å². The van der Waals surface area contributed by atoms with Crippen LogP contribution in [0.4, 0.5) is 0 Å². The number of Topliss-reactive ketones (excluding diaryl/α,β-unsaturated/α-hetero) is 2. The first kappa shape index (κ1) is 12.5. The van der Waals surface area contributed by atoms with Crippen molar-refractivity contribution in [1.82, 2.24) is 0 Å². The van der Waals surface area contributed by atoms with Gasteiger partial charge in [0.1, 0.15) is 17.0 Å². The van der Waals surface area contributed by atoms with Gasteiger partial charge in [-0.3, -0.25) is 9.59 Å². The lowest BCUT2D eigenvalue weighted by Crippen LogP contribution is -2.35. The van der Waals surface area contributed by atoms with Gasteiger partial charge in [0.2, 0.25) is 0 Å². The van der Waals surface area contributed by atoms with Crippen molar-refractivity contribution in [3.8, 4) is 24.2 Å². The maximum absolute atomic E-state index is 11.4. The van der Waals surface area contributed by atoms with E-state index in [1.54, 1.807) is 6.92 Å². The quantitative estimate of drug-likeness (QED) is 0.498. The minimum atomic E-state index is -1.09. The number of carbonyl (C=O) groups is 2. The fourth-order valence-corrected chi connectivity index (χ4v) is 1.22. The highest BCUT2D eigenvalue weighted by Crippen LogP contribution is 2.28. The summed E-state index contributed by atoms with van der Waals surface area (Å²) in [5.74, 6) is 7.38. The number of hydrogen-bond acceptors (Lipinski definition) is 2. The minimum Gasteiger partial charge on any atom is -0.299 e. The molecule has 0 aliphatic rings. The molecule has 0 N–H and O–H groups in total. The molecule has 0 aromatic rings. The summed E-state index contributed by atoms with van der Waals surface area (Å²) in [5.41, 5.74) is -1.09. The lowest BCUT2D eigenvalue weighted by molar-refractivity contribution is -0.137. The fourth-order valence-electron chi connectivity index (χ4n) is 1.22. The van der Waals surface area contributed by atoms with Crippen LogP contribution >= 0.6 is 0 Å². The molecule has 2 heteroatoms. The Bertz CT molecular complexity index is 320. The average Bonchev–Trinajstić information content (AvgIpc) is 2.11. The van der Waals surface area contributed by atoms with Crippen LogP contribution in [0.3, 0.4) is 0 Å². The van der Waals surface area contributed by atoms with Crippen molar-refractivity contribution < 1.29 is 9.59 Å². The second-order valence-corrected chi connectivity index (χ2v) is 3.18. The van der Waals surface area contributed by atoms with E-state index in [4.69, 9.17) is 6.42 Å². The van der Waals surface area contributed by atoms with Crippen LogP contribution in [0.2, 0.25) is 0 Å². The van der Waals surface area contributed by atoms with Crippen molar-refractivity contribution >= 4 is 11.6 Å². The predicted octanol–water partition coefficient (Wildman–Crippen LogP) is 1.59. The van der Waals surface area contributed by atoms with E-state index in [2.05, 4.69) is 17.8 Å². The van der Waals surface area contributed by atoms with E-state index in [0.29, 0.717) is 0 Å².